The SMILES string of the molecule is Nc1cc(CC2SC(=O)NC2=O)ccc1Oc1ccc(CC(N)C(=O)O)cc1. The summed E-state index contributed by atoms with van der Waals surface area (Å²) in [5, 5.41) is 10.3. The number of hydrogen-bond acceptors (Lipinski definition) is 7. The van der Waals surface area contributed by atoms with Gasteiger partial charge in [-0.3, -0.25) is 19.7 Å². The third-order valence-electron chi connectivity index (χ3n) is 4.19. The molecule has 0 aromatic heterocycles. The lowest BCUT2D eigenvalue weighted by Crippen LogP contribution is -2.32. The van der Waals surface area contributed by atoms with E-state index >= 15 is 0 Å². The summed E-state index contributed by atoms with van der Waals surface area (Å²) < 4.78 is 5.77. The number of carbonyl (C=O) groups excluding carboxylic acids is 2. The molecule has 0 radical (unpaired) electrons. The Kier molecular flexibility index (Phi) is 5.86. The molecule has 0 saturated carbocycles. The predicted octanol–water partition coefficient (Wildman–Crippen LogP) is 1.91. The van der Waals surface area contributed by atoms with Gasteiger partial charge in [-0.15, -0.1) is 0 Å². The quantitative estimate of drug-likeness (QED) is 0.515. The van der Waals surface area contributed by atoms with Crippen LogP contribution in [0.15, 0.2) is 42.5 Å². The van der Waals surface area contributed by atoms with Gasteiger partial charge >= 0.3 is 5.97 Å². The van der Waals surface area contributed by atoms with Crippen molar-refractivity contribution in [3.63, 3.8) is 0 Å². The van der Waals surface area contributed by atoms with E-state index in [0.29, 0.717) is 23.6 Å². The minimum atomic E-state index is -1.05. The van der Waals surface area contributed by atoms with E-state index in [9.17, 15) is 14.4 Å². The molecule has 28 heavy (non-hydrogen) atoms. The van der Waals surface area contributed by atoms with Crippen molar-refractivity contribution < 1.29 is 24.2 Å². The van der Waals surface area contributed by atoms with Crippen LogP contribution in [0.4, 0.5) is 10.5 Å². The lowest BCUT2D eigenvalue weighted by molar-refractivity contribution is -0.138. The minimum absolute atomic E-state index is 0.224. The molecule has 1 fully saturated rings. The molecule has 2 aromatic carbocycles. The zero-order valence-corrected chi connectivity index (χ0v) is 15.6. The summed E-state index contributed by atoms with van der Waals surface area (Å²) in [6, 6.07) is 11.2. The zero-order valence-electron chi connectivity index (χ0n) is 14.8. The van der Waals surface area contributed by atoms with Gasteiger partial charge in [0.25, 0.3) is 5.24 Å². The second-order valence-electron chi connectivity index (χ2n) is 6.35. The first kappa shape index (κ1) is 19.7. The number of carbonyl (C=O) groups is 3. The Bertz CT molecular complexity index is 916. The van der Waals surface area contributed by atoms with Gasteiger partial charge in [0.1, 0.15) is 17.5 Å². The van der Waals surface area contributed by atoms with E-state index in [1.54, 1.807) is 42.5 Å². The molecule has 2 unspecified atom stereocenters. The predicted molar refractivity (Wildman–Crippen MR) is 105 cm³/mol. The standard InChI is InChI=1S/C19H19N3O5S/c20-13-8-11(9-16-17(23)22-19(26)28-16)3-6-15(13)27-12-4-1-10(2-5-12)7-14(21)18(24)25/h1-6,8,14,16H,7,9,20-21H2,(H,24,25)(H,22,23,26). The smallest absolute Gasteiger partial charge is 0.320 e. The first-order valence-electron chi connectivity index (χ1n) is 8.47. The number of thioether (sulfide) groups is 1. The summed E-state index contributed by atoms with van der Waals surface area (Å²) in [5.74, 6) is -0.343. The highest BCUT2D eigenvalue weighted by Crippen LogP contribution is 2.30. The highest BCUT2D eigenvalue weighted by molar-refractivity contribution is 8.15. The molecule has 0 bridgehead atoms. The summed E-state index contributed by atoms with van der Waals surface area (Å²) in [5.41, 5.74) is 13.6. The molecule has 2 aromatic rings. The van der Waals surface area contributed by atoms with E-state index in [1.807, 2.05) is 0 Å². The van der Waals surface area contributed by atoms with Crippen molar-refractivity contribution in [2.24, 2.45) is 5.73 Å². The maximum absolute atomic E-state index is 11.7. The van der Waals surface area contributed by atoms with Gasteiger partial charge < -0.3 is 21.3 Å². The number of carboxylic acid groups (broad SMARTS) is 1. The Balaban J connectivity index is 1.64. The zero-order chi connectivity index (χ0) is 20.3. The normalized spacial score (nSPS) is 17.2. The third kappa shape index (κ3) is 4.81. The van der Waals surface area contributed by atoms with E-state index in [1.165, 1.54) is 0 Å². The van der Waals surface area contributed by atoms with E-state index in [2.05, 4.69) is 5.32 Å². The highest BCUT2D eigenvalue weighted by atomic mass is 32.2. The van der Waals surface area contributed by atoms with Gasteiger partial charge in [-0.2, -0.15) is 0 Å². The summed E-state index contributed by atoms with van der Waals surface area (Å²) in [7, 11) is 0. The maximum atomic E-state index is 11.7. The first-order valence-corrected chi connectivity index (χ1v) is 9.35. The van der Waals surface area contributed by atoms with Gasteiger partial charge in [-0.05, 0) is 48.2 Å². The number of ether oxygens (including phenoxy) is 1. The Labute approximate surface area is 165 Å². The van der Waals surface area contributed by atoms with Crippen LogP contribution < -0.4 is 21.5 Å². The van der Waals surface area contributed by atoms with Crippen LogP contribution >= 0.6 is 11.8 Å². The molecule has 2 amide bonds. The molecule has 0 aliphatic carbocycles. The summed E-state index contributed by atoms with van der Waals surface area (Å²) in [4.78, 5) is 33.7. The second kappa shape index (κ2) is 8.32. The van der Waals surface area contributed by atoms with Gasteiger partial charge in [0, 0.05) is 0 Å². The Morgan fingerprint density at radius 2 is 1.86 bits per heavy atom. The number of hydrogen-bond donors (Lipinski definition) is 4. The number of benzene rings is 2. The number of amides is 2. The largest absolute Gasteiger partial charge is 0.480 e. The number of aliphatic carboxylic acids is 1. The van der Waals surface area contributed by atoms with Crippen molar-refractivity contribution in [2.75, 3.05) is 5.73 Å². The Morgan fingerprint density at radius 3 is 2.43 bits per heavy atom. The number of nitrogens with two attached hydrogens (primary N) is 2. The maximum Gasteiger partial charge on any atom is 0.320 e. The number of imide groups is 1. The Hall–Kier alpha value is -3.04. The third-order valence-corrected chi connectivity index (χ3v) is 5.17. The number of rotatable bonds is 7. The van der Waals surface area contributed by atoms with Crippen LogP contribution in [0.5, 0.6) is 11.5 Å². The van der Waals surface area contributed by atoms with Crippen LogP contribution in [0.3, 0.4) is 0 Å². The van der Waals surface area contributed by atoms with E-state index in [-0.39, 0.29) is 17.6 Å². The van der Waals surface area contributed by atoms with E-state index < -0.39 is 17.3 Å². The molecular weight excluding hydrogens is 382 g/mol. The molecule has 1 saturated heterocycles. The molecule has 6 N–H and O–H groups in total. The van der Waals surface area contributed by atoms with Crippen molar-refractivity contribution in [3.8, 4) is 11.5 Å². The van der Waals surface area contributed by atoms with Crippen molar-refractivity contribution in [1.82, 2.24) is 5.32 Å². The molecular formula is C19H19N3O5S. The topological polar surface area (TPSA) is 145 Å². The lowest BCUT2D eigenvalue weighted by Gasteiger charge is -2.12. The fraction of sp³-hybridized carbons (Fsp3) is 0.211. The second-order valence-corrected chi connectivity index (χ2v) is 7.53. The molecule has 1 aliphatic heterocycles. The van der Waals surface area contributed by atoms with Gasteiger partial charge in [-0.1, -0.05) is 30.0 Å². The first-order chi connectivity index (χ1) is 13.3. The fourth-order valence-electron chi connectivity index (χ4n) is 2.72. The average molecular weight is 401 g/mol. The van der Waals surface area contributed by atoms with Crippen LogP contribution in [0.25, 0.3) is 0 Å². The molecule has 3 rings (SSSR count). The number of anilines is 1. The molecule has 146 valence electrons. The average Bonchev–Trinajstić information content (AvgIpc) is 2.96. The van der Waals surface area contributed by atoms with Crippen molar-refractivity contribution >= 4 is 34.6 Å². The van der Waals surface area contributed by atoms with Gasteiger partial charge in [-0.25, -0.2) is 0 Å². The lowest BCUT2D eigenvalue weighted by atomic mass is 10.1. The van der Waals surface area contributed by atoms with Crippen molar-refractivity contribution in [3.05, 3.63) is 53.6 Å². The molecule has 9 heteroatoms. The summed E-state index contributed by atoms with van der Waals surface area (Å²) in [6.45, 7) is 0. The minimum Gasteiger partial charge on any atom is -0.480 e. The van der Waals surface area contributed by atoms with Gasteiger partial charge in [0.05, 0.1) is 10.9 Å². The Morgan fingerprint density at radius 1 is 1.18 bits per heavy atom. The molecule has 2 atom stereocenters. The molecule has 1 aliphatic rings. The monoisotopic (exact) mass is 401 g/mol. The molecule has 8 nitrogen and oxygen atoms in total. The van der Waals surface area contributed by atoms with Gasteiger partial charge in [0.2, 0.25) is 5.91 Å². The highest BCUT2D eigenvalue weighted by Gasteiger charge is 2.31. The molecule has 1 heterocycles. The van der Waals surface area contributed by atoms with E-state index in [0.717, 1.165) is 22.9 Å². The fourth-order valence-corrected chi connectivity index (χ4v) is 3.58. The van der Waals surface area contributed by atoms with Gasteiger partial charge in [0.15, 0.2) is 0 Å². The number of nitrogens with one attached hydrogen (secondary N) is 1. The summed E-state index contributed by atoms with van der Waals surface area (Å²) >= 11 is 0.971. The van der Waals surface area contributed by atoms with Crippen LogP contribution in [0.2, 0.25) is 0 Å². The van der Waals surface area contributed by atoms with E-state index in [4.69, 9.17) is 21.3 Å². The van der Waals surface area contributed by atoms with Crippen LogP contribution in [-0.2, 0) is 22.4 Å². The van der Waals surface area contributed by atoms with Crippen LogP contribution in [-0.4, -0.2) is 33.5 Å². The number of carboxylic acids is 1. The van der Waals surface area contributed by atoms with Crippen LogP contribution in [0, 0.1) is 0 Å². The number of nitrogen functional groups attached to an aromatic ring is 1. The molecule has 0 spiro atoms. The van der Waals surface area contributed by atoms with Crippen molar-refractivity contribution in [2.45, 2.75) is 24.1 Å². The summed E-state index contributed by atoms with van der Waals surface area (Å²) in [6.07, 6.45) is 0.618. The van der Waals surface area contributed by atoms with Crippen LogP contribution in [0.1, 0.15) is 11.1 Å². The van der Waals surface area contributed by atoms with Crippen molar-refractivity contribution in [1.29, 1.82) is 0 Å².